The number of anilines is 1. The van der Waals surface area contributed by atoms with Gasteiger partial charge in [-0.15, -0.1) is 0 Å². The van der Waals surface area contributed by atoms with Gasteiger partial charge >= 0.3 is 0 Å². The highest BCUT2D eigenvalue weighted by atomic mass is 79.9. The van der Waals surface area contributed by atoms with Gasteiger partial charge in [0.25, 0.3) is 5.91 Å². The molecule has 21 heavy (non-hydrogen) atoms. The van der Waals surface area contributed by atoms with Crippen LogP contribution in [0.4, 0.5) is 5.82 Å². The van der Waals surface area contributed by atoms with Crippen LogP contribution in [-0.2, 0) is 4.79 Å². The van der Waals surface area contributed by atoms with Crippen molar-refractivity contribution in [3.8, 4) is 0 Å². The average Bonchev–Trinajstić information content (AvgIpc) is 2.76. The van der Waals surface area contributed by atoms with Gasteiger partial charge in [0.15, 0.2) is 0 Å². The van der Waals surface area contributed by atoms with Crippen LogP contribution in [0.25, 0.3) is 0 Å². The van der Waals surface area contributed by atoms with Gasteiger partial charge in [0.05, 0.1) is 11.1 Å². The maximum absolute atomic E-state index is 12.3. The van der Waals surface area contributed by atoms with Crippen molar-refractivity contribution in [1.29, 1.82) is 0 Å². The third-order valence-corrected chi connectivity index (χ3v) is 4.19. The molecular formula is C15H12BrClN2O2. The summed E-state index contributed by atoms with van der Waals surface area (Å²) in [6, 6.07) is 10.8. The maximum Gasteiger partial charge on any atom is 0.257 e. The quantitative estimate of drug-likeness (QED) is 0.886. The first kappa shape index (κ1) is 14.5. The molecule has 0 radical (unpaired) electrons. The molecule has 0 saturated carbocycles. The maximum atomic E-state index is 12.3. The van der Waals surface area contributed by atoms with Crippen LogP contribution >= 0.6 is 27.5 Å². The first-order valence-electron chi connectivity index (χ1n) is 6.44. The molecule has 1 amide bonds. The summed E-state index contributed by atoms with van der Waals surface area (Å²) in [7, 11) is 0. The van der Waals surface area contributed by atoms with E-state index in [2.05, 4.69) is 20.9 Å². The van der Waals surface area contributed by atoms with Crippen LogP contribution in [0.3, 0.4) is 0 Å². The van der Waals surface area contributed by atoms with Crippen molar-refractivity contribution in [2.75, 3.05) is 4.90 Å². The van der Waals surface area contributed by atoms with Crippen LogP contribution in [0.2, 0.25) is 5.02 Å². The normalized spacial score (nSPS) is 21.9. The van der Waals surface area contributed by atoms with Crippen molar-refractivity contribution in [3.63, 3.8) is 0 Å². The molecule has 1 N–H and O–H groups in total. The Morgan fingerprint density at radius 2 is 2.14 bits per heavy atom. The minimum absolute atomic E-state index is 0.237. The average molecular weight is 368 g/mol. The third kappa shape index (κ3) is 2.81. The number of hydrogen-bond acceptors (Lipinski definition) is 3. The number of nitrogens with zero attached hydrogens (tertiary/aromatic N) is 2. The molecule has 1 fully saturated rings. The Morgan fingerprint density at radius 1 is 1.33 bits per heavy atom. The molecule has 0 bridgehead atoms. The van der Waals surface area contributed by atoms with Crippen molar-refractivity contribution in [1.82, 2.24) is 4.98 Å². The van der Waals surface area contributed by atoms with Gasteiger partial charge < -0.3 is 5.11 Å². The number of benzene rings is 1. The monoisotopic (exact) mass is 366 g/mol. The lowest BCUT2D eigenvalue weighted by Gasteiger charge is -2.24. The second-order valence-electron chi connectivity index (χ2n) is 4.87. The molecule has 2 atom stereocenters. The van der Waals surface area contributed by atoms with Gasteiger partial charge in [-0.05, 0) is 29.8 Å². The fraction of sp³-hybridized carbons (Fsp3) is 0.200. The first-order valence-corrected chi connectivity index (χ1v) is 7.61. The SMILES string of the molecule is O=C1[C@@H](O)C[C@H](c2cccc(Br)c2)N1c1ccc(Cl)cn1. The van der Waals surface area contributed by atoms with Crippen LogP contribution in [0, 0.1) is 0 Å². The predicted molar refractivity (Wildman–Crippen MR) is 84.2 cm³/mol. The summed E-state index contributed by atoms with van der Waals surface area (Å²) in [6.07, 6.45) is 0.832. The van der Waals surface area contributed by atoms with E-state index in [0.29, 0.717) is 17.3 Å². The highest BCUT2D eigenvalue weighted by Crippen LogP contribution is 2.37. The molecule has 1 aromatic carbocycles. The number of carbonyl (C=O) groups excluding carboxylic acids is 1. The lowest BCUT2D eigenvalue weighted by Crippen LogP contribution is -2.31. The number of aromatic nitrogens is 1. The number of pyridine rings is 1. The smallest absolute Gasteiger partial charge is 0.257 e. The Hall–Kier alpha value is -1.43. The van der Waals surface area contributed by atoms with Crippen molar-refractivity contribution in [2.45, 2.75) is 18.6 Å². The zero-order valence-electron chi connectivity index (χ0n) is 10.9. The topological polar surface area (TPSA) is 53.4 Å². The van der Waals surface area contributed by atoms with Gasteiger partial charge in [0.1, 0.15) is 11.9 Å². The van der Waals surface area contributed by atoms with Crippen LogP contribution in [0.1, 0.15) is 18.0 Å². The molecule has 3 rings (SSSR count). The molecule has 1 saturated heterocycles. The molecule has 1 aliphatic rings. The highest BCUT2D eigenvalue weighted by molar-refractivity contribution is 9.10. The van der Waals surface area contributed by atoms with Crippen molar-refractivity contribution < 1.29 is 9.90 Å². The first-order chi connectivity index (χ1) is 10.1. The molecule has 0 aliphatic carbocycles. The van der Waals surface area contributed by atoms with Crippen LogP contribution in [0.15, 0.2) is 47.1 Å². The second-order valence-corrected chi connectivity index (χ2v) is 6.22. The van der Waals surface area contributed by atoms with E-state index in [1.54, 1.807) is 12.1 Å². The van der Waals surface area contributed by atoms with Crippen LogP contribution in [-0.4, -0.2) is 22.1 Å². The standard InChI is InChI=1S/C15H12BrClN2O2/c16-10-3-1-2-9(6-10)12-7-13(20)15(21)19(12)14-5-4-11(17)8-18-14/h1-6,8,12-13,20H,7H2/t12-,13+/m1/s1. The number of carbonyl (C=O) groups is 1. The summed E-state index contributed by atoms with van der Waals surface area (Å²) in [5, 5.41) is 10.4. The van der Waals surface area contributed by atoms with Crippen molar-refractivity contribution in [2.24, 2.45) is 0 Å². The molecule has 0 spiro atoms. The van der Waals surface area contributed by atoms with E-state index in [9.17, 15) is 9.90 Å². The molecule has 4 nitrogen and oxygen atoms in total. The van der Waals surface area contributed by atoms with E-state index in [1.807, 2.05) is 24.3 Å². The summed E-state index contributed by atoms with van der Waals surface area (Å²) in [5.41, 5.74) is 0.950. The number of hydrogen-bond donors (Lipinski definition) is 1. The Morgan fingerprint density at radius 3 is 2.81 bits per heavy atom. The number of rotatable bonds is 2. The molecular weight excluding hydrogens is 356 g/mol. The lowest BCUT2D eigenvalue weighted by atomic mass is 10.0. The van der Waals surface area contributed by atoms with Gasteiger partial charge in [-0.2, -0.15) is 0 Å². The van der Waals surface area contributed by atoms with Gasteiger partial charge in [0, 0.05) is 17.1 Å². The number of amides is 1. The fourth-order valence-electron chi connectivity index (χ4n) is 2.51. The number of aliphatic hydroxyl groups is 1. The van der Waals surface area contributed by atoms with Crippen LogP contribution in [0.5, 0.6) is 0 Å². The van der Waals surface area contributed by atoms with Gasteiger partial charge in [-0.1, -0.05) is 39.7 Å². The minimum Gasteiger partial charge on any atom is -0.383 e. The van der Waals surface area contributed by atoms with Crippen LogP contribution < -0.4 is 4.90 Å². The Bertz CT molecular complexity index is 678. The third-order valence-electron chi connectivity index (χ3n) is 3.47. The summed E-state index contributed by atoms with van der Waals surface area (Å²) in [4.78, 5) is 18.0. The number of halogens is 2. The van der Waals surface area contributed by atoms with Gasteiger partial charge in [-0.3, -0.25) is 9.69 Å². The van der Waals surface area contributed by atoms with E-state index in [1.165, 1.54) is 11.1 Å². The Balaban J connectivity index is 2.02. The zero-order chi connectivity index (χ0) is 15.0. The molecule has 108 valence electrons. The molecule has 0 unspecified atom stereocenters. The molecule has 2 heterocycles. The van der Waals surface area contributed by atoms with Gasteiger partial charge in [-0.25, -0.2) is 4.98 Å². The lowest BCUT2D eigenvalue weighted by molar-refractivity contribution is -0.124. The van der Waals surface area contributed by atoms with Gasteiger partial charge in [0.2, 0.25) is 0 Å². The predicted octanol–water partition coefficient (Wildman–Crippen LogP) is 3.34. The van der Waals surface area contributed by atoms with E-state index >= 15 is 0 Å². The summed E-state index contributed by atoms with van der Waals surface area (Å²) in [6.45, 7) is 0. The summed E-state index contributed by atoms with van der Waals surface area (Å²) < 4.78 is 0.929. The highest BCUT2D eigenvalue weighted by Gasteiger charge is 2.40. The van der Waals surface area contributed by atoms with E-state index in [-0.39, 0.29) is 11.9 Å². The molecule has 1 aliphatic heterocycles. The fourth-order valence-corrected chi connectivity index (χ4v) is 3.04. The summed E-state index contributed by atoms with van der Waals surface area (Å²) in [5.74, 6) is 0.153. The Labute approximate surface area is 135 Å². The Kier molecular flexibility index (Phi) is 3.97. The molecule has 2 aromatic rings. The summed E-state index contributed by atoms with van der Waals surface area (Å²) >= 11 is 9.26. The molecule has 6 heteroatoms. The van der Waals surface area contributed by atoms with Crippen molar-refractivity contribution >= 4 is 39.3 Å². The van der Waals surface area contributed by atoms with Crippen molar-refractivity contribution in [3.05, 3.63) is 57.7 Å². The van der Waals surface area contributed by atoms with E-state index in [0.717, 1.165) is 10.0 Å². The zero-order valence-corrected chi connectivity index (χ0v) is 13.3. The van der Waals surface area contributed by atoms with E-state index < -0.39 is 6.10 Å². The second kappa shape index (κ2) is 5.75. The minimum atomic E-state index is -1.01. The van der Waals surface area contributed by atoms with E-state index in [4.69, 9.17) is 11.6 Å². The molecule has 1 aromatic heterocycles. The number of aliphatic hydroxyl groups excluding tert-OH is 1. The largest absolute Gasteiger partial charge is 0.383 e.